The highest BCUT2D eigenvalue weighted by molar-refractivity contribution is 7.99. The van der Waals surface area contributed by atoms with Gasteiger partial charge in [0.25, 0.3) is 0 Å². The predicted molar refractivity (Wildman–Crippen MR) is 146 cm³/mol. The van der Waals surface area contributed by atoms with Crippen molar-refractivity contribution in [3.8, 4) is 11.5 Å². The fourth-order valence-electron chi connectivity index (χ4n) is 4.47. The number of aromatic nitrogens is 3. The number of nitrogens with zero attached hydrogens (tertiary/aromatic N) is 5. The van der Waals surface area contributed by atoms with Gasteiger partial charge in [-0.3, -0.25) is 4.98 Å². The first-order valence-electron chi connectivity index (χ1n) is 12.1. The zero-order valence-corrected chi connectivity index (χ0v) is 21.6. The van der Waals surface area contributed by atoms with Crippen LogP contribution in [0.25, 0.3) is 11.5 Å². The van der Waals surface area contributed by atoms with Crippen LogP contribution in [-0.4, -0.2) is 41.1 Å². The Labute approximate surface area is 212 Å². The molecule has 2 aromatic heterocycles. The second kappa shape index (κ2) is 10.1. The monoisotopic (exact) mass is 481 g/mol. The van der Waals surface area contributed by atoms with Gasteiger partial charge in [-0.15, -0.1) is 0 Å². The maximum absolute atomic E-state index is 4.92. The lowest BCUT2D eigenvalue weighted by molar-refractivity contribution is 0.644. The van der Waals surface area contributed by atoms with E-state index in [-0.39, 0.29) is 0 Å². The van der Waals surface area contributed by atoms with Crippen LogP contribution in [0.15, 0.2) is 76.7 Å². The van der Waals surface area contributed by atoms with Gasteiger partial charge < -0.3 is 9.80 Å². The molecule has 5 nitrogen and oxygen atoms in total. The van der Waals surface area contributed by atoms with Crippen LogP contribution in [0.5, 0.6) is 0 Å². The fraction of sp³-hybridized carbons (Fsp3) is 0.276. The summed E-state index contributed by atoms with van der Waals surface area (Å²) in [5, 5.41) is 0. The summed E-state index contributed by atoms with van der Waals surface area (Å²) in [6.07, 6.45) is 1.79. The van der Waals surface area contributed by atoms with E-state index in [0.717, 1.165) is 48.9 Å². The molecule has 1 fully saturated rings. The average Bonchev–Trinajstić information content (AvgIpc) is 2.88. The zero-order valence-electron chi connectivity index (χ0n) is 20.8. The van der Waals surface area contributed by atoms with E-state index in [1.54, 1.807) is 6.20 Å². The molecule has 0 unspecified atom stereocenters. The van der Waals surface area contributed by atoms with E-state index in [9.17, 15) is 0 Å². The van der Waals surface area contributed by atoms with Crippen molar-refractivity contribution in [1.29, 1.82) is 0 Å². The quantitative estimate of drug-likeness (QED) is 0.336. The fourth-order valence-corrected chi connectivity index (χ4v) is 5.36. The van der Waals surface area contributed by atoms with Gasteiger partial charge in [0.2, 0.25) is 0 Å². The molecule has 0 aliphatic carbocycles. The highest BCUT2D eigenvalue weighted by Crippen LogP contribution is 2.32. The number of benzene rings is 2. The molecule has 35 heavy (non-hydrogen) atoms. The molecule has 0 radical (unpaired) electrons. The Bertz CT molecular complexity index is 1310. The molecule has 0 amide bonds. The van der Waals surface area contributed by atoms with Gasteiger partial charge in [0.15, 0.2) is 5.82 Å². The lowest BCUT2D eigenvalue weighted by Crippen LogP contribution is -2.47. The smallest absolute Gasteiger partial charge is 0.180 e. The third kappa shape index (κ3) is 5.17. The van der Waals surface area contributed by atoms with Gasteiger partial charge >= 0.3 is 0 Å². The summed E-state index contributed by atoms with van der Waals surface area (Å²) in [6, 6.07) is 21.5. The molecule has 3 heterocycles. The molecule has 0 N–H and O–H groups in total. The van der Waals surface area contributed by atoms with Crippen LogP contribution in [0.2, 0.25) is 0 Å². The normalized spacial score (nSPS) is 13.8. The van der Waals surface area contributed by atoms with Crippen LogP contribution in [0.1, 0.15) is 22.4 Å². The molecule has 0 bridgehead atoms. The maximum Gasteiger partial charge on any atom is 0.180 e. The summed E-state index contributed by atoms with van der Waals surface area (Å²) >= 11 is 1.83. The standard InChI is InChI=1S/C29H31N5S/c1-20-8-13-27(21(2)19-20)35-25-11-9-24(10-12-25)33-15-17-34(18-16-33)29-22(3)23(4)31-28(32-29)26-7-5-6-14-30-26/h5-14,19H,15-18H2,1-4H3. The van der Waals surface area contributed by atoms with E-state index in [0.29, 0.717) is 5.82 Å². The minimum Gasteiger partial charge on any atom is -0.368 e. The van der Waals surface area contributed by atoms with Crippen molar-refractivity contribution in [2.75, 3.05) is 36.0 Å². The van der Waals surface area contributed by atoms with Crippen LogP contribution in [0.4, 0.5) is 11.5 Å². The van der Waals surface area contributed by atoms with Gasteiger partial charge in [-0.1, -0.05) is 35.5 Å². The van der Waals surface area contributed by atoms with Crippen LogP contribution in [0.3, 0.4) is 0 Å². The number of hydrogen-bond donors (Lipinski definition) is 0. The van der Waals surface area contributed by atoms with E-state index in [4.69, 9.17) is 9.97 Å². The Balaban J connectivity index is 1.26. The van der Waals surface area contributed by atoms with Crippen LogP contribution >= 0.6 is 11.8 Å². The van der Waals surface area contributed by atoms with Gasteiger partial charge in [0.05, 0.1) is 0 Å². The van der Waals surface area contributed by atoms with Gasteiger partial charge in [-0.25, -0.2) is 9.97 Å². The lowest BCUT2D eigenvalue weighted by atomic mass is 10.2. The van der Waals surface area contributed by atoms with Crippen molar-refractivity contribution in [2.45, 2.75) is 37.5 Å². The Hall–Kier alpha value is -3.38. The Morgan fingerprint density at radius 2 is 1.51 bits per heavy atom. The number of hydrogen-bond acceptors (Lipinski definition) is 6. The summed E-state index contributed by atoms with van der Waals surface area (Å²) in [5.74, 6) is 1.72. The van der Waals surface area contributed by atoms with Gasteiger partial charge in [-0.2, -0.15) is 0 Å². The number of aryl methyl sites for hydroxylation is 3. The van der Waals surface area contributed by atoms with Crippen LogP contribution < -0.4 is 9.80 Å². The van der Waals surface area contributed by atoms with Crippen molar-refractivity contribution >= 4 is 23.3 Å². The van der Waals surface area contributed by atoms with Crippen molar-refractivity contribution in [3.63, 3.8) is 0 Å². The van der Waals surface area contributed by atoms with E-state index >= 15 is 0 Å². The highest BCUT2D eigenvalue weighted by atomic mass is 32.2. The van der Waals surface area contributed by atoms with E-state index in [1.807, 2.05) is 30.0 Å². The molecule has 6 heteroatoms. The third-order valence-corrected chi connectivity index (χ3v) is 7.78. The largest absolute Gasteiger partial charge is 0.368 e. The highest BCUT2D eigenvalue weighted by Gasteiger charge is 2.22. The Kier molecular flexibility index (Phi) is 6.73. The molecule has 178 valence electrons. The first-order valence-corrected chi connectivity index (χ1v) is 12.9. The van der Waals surface area contributed by atoms with Crippen molar-refractivity contribution in [2.24, 2.45) is 0 Å². The molecule has 4 aromatic rings. The molecular weight excluding hydrogens is 450 g/mol. The molecular formula is C29H31N5S. The van der Waals surface area contributed by atoms with Crippen molar-refractivity contribution < 1.29 is 0 Å². The third-order valence-electron chi connectivity index (χ3n) is 6.60. The minimum atomic E-state index is 0.697. The molecule has 1 aliphatic heterocycles. The topological polar surface area (TPSA) is 45.2 Å². The van der Waals surface area contributed by atoms with E-state index in [2.05, 4.69) is 84.9 Å². The minimum absolute atomic E-state index is 0.697. The van der Waals surface area contributed by atoms with Gasteiger partial charge in [-0.05, 0) is 75.7 Å². The SMILES string of the molecule is Cc1ccc(Sc2ccc(N3CCN(c4nc(-c5ccccn5)nc(C)c4C)CC3)cc2)c(C)c1. The number of rotatable bonds is 5. The Morgan fingerprint density at radius 3 is 2.20 bits per heavy atom. The molecule has 5 rings (SSSR count). The average molecular weight is 482 g/mol. The van der Waals surface area contributed by atoms with Crippen LogP contribution in [0, 0.1) is 27.7 Å². The molecule has 0 atom stereocenters. The lowest BCUT2D eigenvalue weighted by Gasteiger charge is -2.37. The molecule has 1 saturated heterocycles. The van der Waals surface area contributed by atoms with Gasteiger partial charge in [0.1, 0.15) is 11.5 Å². The molecule has 2 aromatic carbocycles. The number of piperazine rings is 1. The zero-order chi connectivity index (χ0) is 24.4. The summed E-state index contributed by atoms with van der Waals surface area (Å²) in [7, 11) is 0. The van der Waals surface area contributed by atoms with Crippen molar-refractivity contribution in [1.82, 2.24) is 15.0 Å². The molecule has 1 aliphatic rings. The molecule has 0 saturated carbocycles. The second-order valence-electron chi connectivity index (χ2n) is 9.14. The molecule has 0 spiro atoms. The predicted octanol–water partition coefficient (Wildman–Crippen LogP) is 6.25. The first kappa shape index (κ1) is 23.4. The summed E-state index contributed by atoms with van der Waals surface area (Å²) < 4.78 is 0. The van der Waals surface area contributed by atoms with Crippen LogP contribution in [-0.2, 0) is 0 Å². The first-order chi connectivity index (χ1) is 17.0. The second-order valence-corrected chi connectivity index (χ2v) is 10.3. The summed E-state index contributed by atoms with van der Waals surface area (Å²) in [4.78, 5) is 21.5. The Morgan fingerprint density at radius 1 is 0.771 bits per heavy atom. The summed E-state index contributed by atoms with van der Waals surface area (Å²) in [5.41, 5.74) is 6.88. The van der Waals surface area contributed by atoms with Crippen molar-refractivity contribution in [3.05, 3.63) is 89.2 Å². The van der Waals surface area contributed by atoms with E-state index < -0.39 is 0 Å². The van der Waals surface area contributed by atoms with Gasteiger partial charge in [0, 0.05) is 59.1 Å². The summed E-state index contributed by atoms with van der Waals surface area (Å²) in [6.45, 7) is 12.3. The van der Waals surface area contributed by atoms with E-state index in [1.165, 1.54) is 26.6 Å². The maximum atomic E-state index is 4.92. The number of anilines is 2. The number of pyridine rings is 1.